The number of halogens is 1. The average Bonchev–Trinajstić information content (AvgIpc) is 2.23. The quantitative estimate of drug-likeness (QED) is 0.710. The van der Waals surface area contributed by atoms with E-state index >= 15 is 0 Å². The third-order valence-corrected chi connectivity index (χ3v) is 2.29. The lowest BCUT2D eigenvalue weighted by Gasteiger charge is -2.02. The second kappa shape index (κ2) is 3.77. The van der Waals surface area contributed by atoms with Crippen LogP contribution in [0.4, 0.5) is 4.39 Å². The zero-order chi connectivity index (χ0) is 10.8. The minimum atomic E-state index is -0.201. The topological polar surface area (TPSA) is 25.8 Å². The number of aromatic nitrogens is 2. The summed E-state index contributed by atoms with van der Waals surface area (Å²) in [5.74, 6) is 0.513. The largest absolute Gasteiger partial charge is 0.241 e. The molecule has 0 saturated carbocycles. The summed E-state index contributed by atoms with van der Waals surface area (Å²) in [6.07, 6.45) is 3.40. The smallest absolute Gasteiger partial charge is 0.126 e. The van der Waals surface area contributed by atoms with Gasteiger partial charge in [0.2, 0.25) is 0 Å². The van der Waals surface area contributed by atoms with Gasteiger partial charge in [-0.15, -0.1) is 0 Å². The van der Waals surface area contributed by atoms with Crippen LogP contribution in [0.5, 0.6) is 0 Å². The molecule has 0 unspecified atom stereocenters. The lowest BCUT2D eigenvalue weighted by Crippen LogP contribution is -1.89. The van der Waals surface area contributed by atoms with Gasteiger partial charge in [-0.3, -0.25) is 0 Å². The maximum absolute atomic E-state index is 13.3. The highest BCUT2D eigenvalue weighted by Crippen LogP contribution is 2.20. The van der Waals surface area contributed by atoms with Crippen molar-refractivity contribution in [3.05, 3.63) is 47.8 Å². The van der Waals surface area contributed by atoms with Crippen molar-refractivity contribution in [2.75, 3.05) is 0 Å². The Kier molecular flexibility index (Phi) is 2.46. The molecule has 0 saturated heterocycles. The summed E-state index contributed by atoms with van der Waals surface area (Å²) >= 11 is 0. The standard InChI is InChI=1S/C12H11FN2/c1-8-3-4-10(5-12(8)13)11-6-14-9(2)15-7-11/h3-7H,1-2H3. The summed E-state index contributed by atoms with van der Waals surface area (Å²) in [6.45, 7) is 3.56. The van der Waals surface area contributed by atoms with Crippen molar-refractivity contribution in [3.8, 4) is 11.1 Å². The summed E-state index contributed by atoms with van der Waals surface area (Å²) in [5, 5.41) is 0. The number of hydrogen-bond acceptors (Lipinski definition) is 2. The Bertz CT molecular complexity index is 477. The van der Waals surface area contributed by atoms with Crippen LogP contribution in [0.2, 0.25) is 0 Å². The van der Waals surface area contributed by atoms with Gasteiger partial charge in [0.05, 0.1) is 0 Å². The monoisotopic (exact) mass is 202 g/mol. The molecule has 0 aliphatic rings. The molecule has 0 spiro atoms. The molecule has 2 aromatic rings. The Morgan fingerprint density at radius 3 is 2.27 bits per heavy atom. The zero-order valence-corrected chi connectivity index (χ0v) is 8.66. The van der Waals surface area contributed by atoms with Crippen molar-refractivity contribution in [3.63, 3.8) is 0 Å². The molecule has 0 amide bonds. The molecule has 2 rings (SSSR count). The maximum atomic E-state index is 13.3. The summed E-state index contributed by atoms with van der Waals surface area (Å²) < 4.78 is 13.3. The molecular weight excluding hydrogens is 191 g/mol. The van der Waals surface area contributed by atoms with E-state index < -0.39 is 0 Å². The molecule has 15 heavy (non-hydrogen) atoms. The Morgan fingerprint density at radius 2 is 1.67 bits per heavy atom. The normalized spacial score (nSPS) is 10.3. The van der Waals surface area contributed by atoms with Gasteiger partial charge in [0, 0.05) is 18.0 Å². The minimum Gasteiger partial charge on any atom is -0.241 e. The highest BCUT2D eigenvalue weighted by molar-refractivity contribution is 5.61. The summed E-state index contributed by atoms with van der Waals surface area (Å²) in [4.78, 5) is 8.15. The van der Waals surface area contributed by atoms with Crippen LogP contribution < -0.4 is 0 Å². The highest BCUT2D eigenvalue weighted by Gasteiger charge is 2.02. The van der Waals surface area contributed by atoms with E-state index in [-0.39, 0.29) is 5.82 Å². The third kappa shape index (κ3) is 2.01. The highest BCUT2D eigenvalue weighted by atomic mass is 19.1. The van der Waals surface area contributed by atoms with Gasteiger partial charge in [0.15, 0.2) is 0 Å². The van der Waals surface area contributed by atoms with Crippen LogP contribution in [0, 0.1) is 19.7 Å². The van der Waals surface area contributed by atoms with Crippen molar-refractivity contribution < 1.29 is 4.39 Å². The first-order chi connectivity index (χ1) is 7.16. The Balaban J connectivity index is 2.45. The Hall–Kier alpha value is -1.77. The Morgan fingerprint density at radius 1 is 1.00 bits per heavy atom. The van der Waals surface area contributed by atoms with Gasteiger partial charge < -0.3 is 0 Å². The predicted molar refractivity (Wildman–Crippen MR) is 56.9 cm³/mol. The zero-order valence-electron chi connectivity index (χ0n) is 8.66. The minimum absolute atomic E-state index is 0.201. The van der Waals surface area contributed by atoms with Crippen LogP contribution in [-0.4, -0.2) is 9.97 Å². The third-order valence-electron chi connectivity index (χ3n) is 2.29. The molecule has 2 nitrogen and oxygen atoms in total. The lowest BCUT2D eigenvalue weighted by molar-refractivity contribution is 0.619. The molecule has 0 N–H and O–H groups in total. The van der Waals surface area contributed by atoms with E-state index in [2.05, 4.69) is 9.97 Å². The van der Waals surface area contributed by atoms with Crippen LogP contribution in [0.15, 0.2) is 30.6 Å². The molecule has 0 aliphatic carbocycles. The maximum Gasteiger partial charge on any atom is 0.126 e. The number of nitrogens with zero attached hydrogens (tertiary/aromatic N) is 2. The van der Waals surface area contributed by atoms with Crippen molar-refractivity contribution in [1.82, 2.24) is 9.97 Å². The molecule has 1 heterocycles. The fraction of sp³-hybridized carbons (Fsp3) is 0.167. The van der Waals surface area contributed by atoms with Crippen molar-refractivity contribution in [2.24, 2.45) is 0 Å². The average molecular weight is 202 g/mol. The van der Waals surface area contributed by atoms with Crippen LogP contribution >= 0.6 is 0 Å². The first-order valence-corrected chi connectivity index (χ1v) is 4.72. The van der Waals surface area contributed by atoms with E-state index in [1.807, 2.05) is 13.0 Å². The number of rotatable bonds is 1. The molecule has 0 bridgehead atoms. The molecule has 0 fully saturated rings. The molecule has 1 aromatic carbocycles. The summed E-state index contributed by atoms with van der Waals surface area (Å²) in [5.41, 5.74) is 2.28. The van der Waals surface area contributed by atoms with E-state index in [9.17, 15) is 4.39 Å². The molecular formula is C12H11FN2. The molecule has 0 atom stereocenters. The van der Waals surface area contributed by atoms with Crippen molar-refractivity contribution in [2.45, 2.75) is 13.8 Å². The number of benzene rings is 1. The van der Waals surface area contributed by atoms with E-state index in [0.717, 1.165) is 11.1 Å². The molecule has 0 aliphatic heterocycles. The van der Waals surface area contributed by atoms with Gasteiger partial charge in [-0.2, -0.15) is 0 Å². The molecule has 3 heteroatoms. The first kappa shape index (κ1) is 9.77. The van der Waals surface area contributed by atoms with E-state index in [4.69, 9.17) is 0 Å². The SMILES string of the molecule is Cc1ncc(-c2ccc(C)c(F)c2)cn1. The second-order valence-electron chi connectivity index (χ2n) is 3.48. The second-order valence-corrected chi connectivity index (χ2v) is 3.48. The van der Waals surface area contributed by atoms with Crippen molar-refractivity contribution in [1.29, 1.82) is 0 Å². The summed E-state index contributed by atoms with van der Waals surface area (Å²) in [6, 6.07) is 5.13. The lowest BCUT2D eigenvalue weighted by atomic mass is 10.1. The van der Waals surface area contributed by atoms with Gasteiger partial charge in [-0.05, 0) is 31.0 Å². The van der Waals surface area contributed by atoms with Crippen LogP contribution in [0.25, 0.3) is 11.1 Å². The van der Waals surface area contributed by atoms with Crippen molar-refractivity contribution >= 4 is 0 Å². The van der Waals surface area contributed by atoms with E-state index in [1.54, 1.807) is 25.4 Å². The fourth-order valence-electron chi connectivity index (χ4n) is 1.31. The van der Waals surface area contributed by atoms with Gasteiger partial charge in [0.1, 0.15) is 11.6 Å². The number of hydrogen-bond donors (Lipinski definition) is 0. The first-order valence-electron chi connectivity index (χ1n) is 4.72. The van der Waals surface area contributed by atoms with Crippen LogP contribution in [-0.2, 0) is 0 Å². The van der Waals surface area contributed by atoms with Crippen LogP contribution in [0.3, 0.4) is 0 Å². The molecule has 76 valence electrons. The molecule has 0 radical (unpaired) electrons. The van der Waals surface area contributed by atoms with Crippen LogP contribution in [0.1, 0.15) is 11.4 Å². The van der Waals surface area contributed by atoms with Gasteiger partial charge >= 0.3 is 0 Å². The summed E-state index contributed by atoms with van der Waals surface area (Å²) in [7, 11) is 0. The van der Waals surface area contributed by atoms with Gasteiger partial charge in [0.25, 0.3) is 0 Å². The van der Waals surface area contributed by atoms with E-state index in [1.165, 1.54) is 6.07 Å². The van der Waals surface area contributed by atoms with Gasteiger partial charge in [-0.1, -0.05) is 12.1 Å². The van der Waals surface area contributed by atoms with E-state index in [0.29, 0.717) is 11.4 Å². The molecule has 1 aromatic heterocycles. The fourth-order valence-corrected chi connectivity index (χ4v) is 1.31. The Labute approximate surface area is 87.8 Å². The predicted octanol–water partition coefficient (Wildman–Crippen LogP) is 2.90. The number of aryl methyl sites for hydroxylation is 2. The van der Waals surface area contributed by atoms with Gasteiger partial charge in [-0.25, -0.2) is 14.4 Å².